The van der Waals surface area contributed by atoms with Crippen molar-refractivity contribution in [3.63, 3.8) is 0 Å². The summed E-state index contributed by atoms with van der Waals surface area (Å²) in [4.78, 5) is 4.51. The number of aromatic nitrogens is 1. The van der Waals surface area contributed by atoms with Gasteiger partial charge in [0.05, 0.1) is 51.1 Å². The smallest absolute Gasteiger partial charge is 0.103 e. The molecule has 0 saturated heterocycles. The van der Waals surface area contributed by atoms with Gasteiger partial charge < -0.3 is 16.1 Å². The number of hydrogen-bond donors (Lipinski definition) is 4. The largest absolute Gasteiger partial charge is 0.383 e. The highest BCUT2D eigenvalue weighted by Gasteiger charge is 2.60. The molecule has 0 radical (unpaired) electrons. The van der Waals surface area contributed by atoms with E-state index < -0.39 is 5.41 Å². The van der Waals surface area contributed by atoms with E-state index in [1.807, 2.05) is 24.3 Å². The molecule has 2 aromatic carbocycles. The number of pyridine rings is 1. The molecule has 4 aliphatic carbocycles. The van der Waals surface area contributed by atoms with Crippen molar-refractivity contribution in [2.24, 2.45) is 11.3 Å². The zero-order valence-corrected chi connectivity index (χ0v) is 24.8. The van der Waals surface area contributed by atoms with E-state index in [0.29, 0.717) is 28.9 Å². The van der Waals surface area contributed by atoms with E-state index in [-0.39, 0.29) is 17.0 Å². The van der Waals surface area contributed by atoms with Crippen molar-refractivity contribution in [2.45, 2.75) is 69.9 Å². The molecule has 43 heavy (non-hydrogen) atoms. The highest BCUT2D eigenvalue weighted by Crippen LogP contribution is 2.60. The predicted octanol–water partition coefficient (Wildman–Crippen LogP) is 5.86. The molecule has 216 valence electrons. The van der Waals surface area contributed by atoms with Crippen molar-refractivity contribution in [1.29, 1.82) is 15.8 Å². The van der Waals surface area contributed by atoms with Crippen molar-refractivity contribution >= 4 is 22.3 Å². The van der Waals surface area contributed by atoms with Gasteiger partial charge in [0.2, 0.25) is 0 Å². The van der Waals surface area contributed by atoms with Gasteiger partial charge >= 0.3 is 0 Å². The first-order valence-corrected chi connectivity index (χ1v) is 15.0. The summed E-state index contributed by atoms with van der Waals surface area (Å²) >= 11 is 0. The molecule has 1 aromatic heterocycles. The molecule has 1 aliphatic heterocycles. The molecule has 4 N–H and O–H groups in total. The Labute approximate surface area is 252 Å². The summed E-state index contributed by atoms with van der Waals surface area (Å²) in [5, 5.41) is 40.1. The van der Waals surface area contributed by atoms with Crippen LogP contribution in [0.25, 0.3) is 10.9 Å². The van der Waals surface area contributed by atoms with Crippen LogP contribution in [0.2, 0.25) is 0 Å². The average molecular weight is 570 g/mol. The SMILES string of the molecule is CC(C)(C)CNc1c(C#N)cnc2c(C#N)cc(N[C@H](C3=CN(C45CC(C4)C5)NN3)c3cccc(C4(C#N)CC4)c3)cc12. The number of rotatable bonds is 8. The number of nitrogens with one attached hydrogen (secondary N) is 4. The third kappa shape index (κ3) is 4.60. The van der Waals surface area contributed by atoms with Crippen LogP contribution in [0.3, 0.4) is 0 Å². The van der Waals surface area contributed by atoms with Crippen molar-refractivity contribution in [1.82, 2.24) is 21.0 Å². The maximum absolute atomic E-state index is 10.1. The zero-order valence-electron chi connectivity index (χ0n) is 24.8. The Morgan fingerprint density at radius 1 is 1.07 bits per heavy atom. The molecular weight excluding hydrogens is 534 g/mol. The molecule has 0 unspecified atom stereocenters. The highest BCUT2D eigenvalue weighted by atomic mass is 15.7. The monoisotopic (exact) mass is 569 g/mol. The fraction of sp³-hybridized carbons (Fsp3) is 0.412. The number of nitrogens with zero attached hydrogens (tertiary/aromatic N) is 5. The lowest BCUT2D eigenvalue weighted by molar-refractivity contribution is -0.141. The first-order chi connectivity index (χ1) is 20.7. The lowest BCUT2D eigenvalue weighted by atomic mass is 9.49. The van der Waals surface area contributed by atoms with Crippen LogP contribution in [-0.4, -0.2) is 22.1 Å². The van der Waals surface area contributed by atoms with Gasteiger partial charge in [-0.1, -0.05) is 45.0 Å². The topological polar surface area (TPSA) is 136 Å². The quantitative estimate of drug-likeness (QED) is 0.263. The molecule has 0 spiro atoms. The number of nitriles is 3. The Morgan fingerprint density at radius 2 is 1.84 bits per heavy atom. The third-order valence-corrected chi connectivity index (χ3v) is 9.47. The molecule has 5 aliphatic rings. The van der Waals surface area contributed by atoms with Crippen molar-refractivity contribution in [3.05, 3.63) is 76.7 Å². The fourth-order valence-electron chi connectivity index (χ4n) is 6.67. The van der Waals surface area contributed by atoms with Gasteiger partial charge in [0.25, 0.3) is 0 Å². The minimum atomic E-state index is -0.405. The lowest BCUT2D eigenvalue weighted by Crippen LogP contribution is -2.69. The Hall–Kier alpha value is -4.78. The molecule has 2 heterocycles. The van der Waals surface area contributed by atoms with E-state index in [1.165, 1.54) is 25.5 Å². The standard InChI is InChI=1S/C34H35N9/c1-32(2,3)20-39-30-24(16-36)17-38-29-23(15-35)10-26(11-27(29)30)40-31(22-5-4-6-25(9-22)33(19-37)7-8-33)28-18-43(42-41-28)34-12-21(13-34)14-34/h4-6,9-11,17-18,21,31,40-42H,7-8,12-14,20H2,1-3H3,(H,38,39)/t21?,31-,34?/m0/s1. The van der Waals surface area contributed by atoms with E-state index in [1.54, 1.807) is 0 Å². The minimum absolute atomic E-state index is 0.0193. The zero-order chi connectivity index (χ0) is 30.0. The predicted molar refractivity (Wildman–Crippen MR) is 165 cm³/mol. The van der Waals surface area contributed by atoms with Crippen LogP contribution in [0.5, 0.6) is 0 Å². The van der Waals surface area contributed by atoms with Gasteiger partial charge in [0, 0.05) is 30.0 Å². The summed E-state index contributed by atoms with van der Waals surface area (Å²) in [6.07, 6.45) is 9.07. The van der Waals surface area contributed by atoms with Crippen LogP contribution in [0, 0.1) is 45.3 Å². The maximum atomic E-state index is 10.1. The van der Waals surface area contributed by atoms with Crippen molar-refractivity contribution in [3.8, 4) is 18.2 Å². The summed E-state index contributed by atoms with van der Waals surface area (Å²) in [5.41, 5.74) is 12.4. The molecule has 8 rings (SSSR count). The second-order valence-electron chi connectivity index (χ2n) is 13.9. The Morgan fingerprint density at radius 3 is 2.47 bits per heavy atom. The fourth-order valence-corrected chi connectivity index (χ4v) is 6.67. The van der Waals surface area contributed by atoms with Gasteiger partial charge in [-0.15, -0.1) is 5.53 Å². The third-order valence-electron chi connectivity index (χ3n) is 9.47. The van der Waals surface area contributed by atoms with Gasteiger partial charge in [-0.3, -0.25) is 9.99 Å². The Bertz CT molecular complexity index is 1770. The Balaban J connectivity index is 1.31. The van der Waals surface area contributed by atoms with E-state index >= 15 is 0 Å². The van der Waals surface area contributed by atoms with Gasteiger partial charge in [0.1, 0.15) is 12.1 Å². The van der Waals surface area contributed by atoms with Crippen LogP contribution in [0.15, 0.2) is 54.5 Å². The van der Waals surface area contributed by atoms with Crippen LogP contribution < -0.4 is 21.6 Å². The number of fused-ring (bicyclic) bond motifs is 1. The Kier molecular flexibility index (Phi) is 6.06. The molecule has 3 aromatic rings. The highest BCUT2D eigenvalue weighted by molar-refractivity contribution is 5.99. The molecule has 9 heteroatoms. The van der Waals surface area contributed by atoms with Crippen molar-refractivity contribution in [2.75, 3.05) is 17.2 Å². The van der Waals surface area contributed by atoms with E-state index in [0.717, 1.165) is 46.7 Å². The molecule has 2 bridgehead atoms. The average Bonchev–Trinajstić information content (AvgIpc) is 3.62. The normalized spacial score (nSPS) is 23.4. The summed E-state index contributed by atoms with van der Waals surface area (Å²) < 4.78 is 0. The van der Waals surface area contributed by atoms with E-state index in [2.05, 4.69) is 88.9 Å². The maximum Gasteiger partial charge on any atom is 0.103 e. The second kappa shape index (κ2) is 9.63. The summed E-state index contributed by atoms with van der Waals surface area (Å²) in [5.74, 6) is 0.848. The van der Waals surface area contributed by atoms with Gasteiger partial charge in [0.15, 0.2) is 0 Å². The summed E-state index contributed by atoms with van der Waals surface area (Å²) in [6, 6.07) is 18.9. The van der Waals surface area contributed by atoms with Crippen LogP contribution in [0.4, 0.5) is 11.4 Å². The molecule has 1 atom stereocenters. The number of benzene rings is 2. The van der Waals surface area contributed by atoms with Gasteiger partial charge in [-0.25, -0.2) is 0 Å². The number of anilines is 2. The molecule has 9 nitrogen and oxygen atoms in total. The van der Waals surface area contributed by atoms with Crippen LogP contribution in [0.1, 0.15) is 81.2 Å². The number of hydrazine groups is 2. The molecular formula is C34H35N9. The van der Waals surface area contributed by atoms with E-state index in [9.17, 15) is 15.8 Å². The number of hydrogen-bond acceptors (Lipinski definition) is 9. The van der Waals surface area contributed by atoms with Crippen LogP contribution in [-0.2, 0) is 5.41 Å². The van der Waals surface area contributed by atoms with Crippen LogP contribution >= 0.6 is 0 Å². The summed E-state index contributed by atoms with van der Waals surface area (Å²) in [7, 11) is 0. The first-order valence-electron chi connectivity index (χ1n) is 15.0. The molecule has 0 amide bonds. The minimum Gasteiger partial charge on any atom is -0.383 e. The first kappa shape index (κ1) is 27.1. The lowest BCUT2D eigenvalue weighted by Gasteiger charge is -2.64. The van der Waals surface area contributed by atoms with Crippen molar-refractivity contribution < 1.29 is 0 Å². The second-order valence-corrected chi connectivity index (χ2v) is 13.9. The molecule has 4 fully saturated rings. The van der Waals surface area contributed by atoms with E-state index in [4.69, 9.17) is 0 Å². The van der Waals surface area contributed by atoms with Gasteiger partial charge in [-0.2, -0.15) is 15.8 Å². The molecule has 4 saturated carbocycles. The summed E-state index contributed by atoms with van der Waals surface area (Å²) in [6.45, 7) is 7.04. The van der Waals surface area contributed by atoms with Gasteiger partial charge in [-0.05, 0) is 66.7 Å².